The van der Waals surface area contributed by atoms with Gasteiger partial charge < -0.3 is 0 Å². The zero-order chi connectivity index (χ0) is 14.2. The van der Waals surface area contributed by atoms with Crippen LogP contribution in [0, 0.1) is 17.0 Å². The zero-order valence-corrected chi connectivity index (χ0v) is 11.7. The predicted molar refractivity (Wildman–Crippen MR) is 70.4 cm³/mol. The minimum atomic E-state index is -3.65. The quantitative estimate of drug-likeness (QED) is 0.612. The Morgan fingerprint density at radius 3 is 2.53 bits per heavy atom. The van der Waals surface area contributed by atoms with Crippen molar-refractivity contribution in [1.82, 2.24) is 4.31 Å². The first kappa shape index (κ1) is 14.0. The van der Waals surface area contributed by atoms with Crippen LogP contribution in [0.1, 0.15) is 25.3 Å². The predicted octanol–water partition coefficient (Wildman–Crippen LogP) is 2.08. The van der Waals surface area contributed by atoms with Crippen molar-refractivity contribution >= 4 is 15.7 Å². The largest absolute Gasteiger partial charge is 0.270 e. The fourth-order valence-corrected chi connectivity index (χ4v) is 4.03. The standard InChI is InChI=1S/C12H16N2O4S/c1-3-13(10-6-7-10)19(17,18)12-8-11(14(15)16)5-4-9(12)2/h4-5,8,10H,3,6-7H2,1-2H3. The van der Waals surface area contributed by atoms with Crippen LogP contribution < -0.4 is 0 Å². The van der Waals surface area contributed by atoms with Crippen LogP contribution in [0.25, 0.3) is 0 Å². The van der Waals surface area contributed by atoms with Crippen molar-refractivity contribution in [2.75, 3.05) is 6.54 Å². The Kier molecular flexibility index (Phi) is 3.60. The second-order valence-corrected chi connectivity index (χ2v) is 6.51. The number of nitro groups is 1. The summed E-state index contributed by atoms with van der Waals surface area (Å²) in [4.78, 5) is 10.2. The maximum atomic E-state index is 12.5. The maximum Gasteiger partial charge on any atom is 0.270 e. The van der Waals surface area contributed by atoms with Gasteiger partial charge in [-0.3, -0.25) is 10.1 Å². The molecule has 1 aliphatic carbocycles. The van der Waals surface area contributed by atoms with Gasteiger partial charge in [0.2, 0.25) is 10.0 Å². The number of nitro benzene ring substituents is 1. The van der Waals surface area contributed by atoms with E-state index < -0.39 is 14.9 Å². The van der Waals surface area contributed by atoms with E-state index in [1.807, 2.05) is 0 Å². The van der Waals surface area contributed by atoms with E-state index in [0.717, 1.165) is 18.9 Å². The third kappa shape index (κ3) is 2.62. The number of rotatable bonds is 5. The molecular weight excluding hydrogens is 268 g/mol. The molecule has 6 nitrogen and oxygen atoms in total. The molecule has 0 amide bonds. The van der Waals surface area contributed by atoms with Gasteiger partial charge in [0.15, 0.2) is 0 Å². The van der Waals surface area contributed by atoms with Gasteiger partial charge in [0.05, 0.1) is 9.82 Å². The molecule has 1 aromatic rings. The number of nitrogens with zero attached hydrogens (tertiary/aromatic N) is 2. The third-order valence-corrected chi connectivity index (χ3v) is 5.40. The Morgan fingerprint density at radius 2 is 2.05 bits per heavy atom. The van der Waals surface area contributed by atoms with Gasteiger partial charge in [-0.15, -0.1) is 0 Å². The lowest BCUT2D eigenvalue weighted by atomic mass is 10.2. The van der Waals surface area contributed by atoms with Crippen LogP contribution in [0.15, 0.2) is 23.1 Å². The highest BCUT2D eigenvalue weighted by atomic mass is 32.2. The van der Waals surface area contributed by atoms with Crippen LogP contribution in [0.2, 0.25) is 0 Å². The molecule has 0 spiro atoms. The molecule has 7 heteroatoms. The summed E-state index contributed by atoms with van der Waals surface area (Å²) in [5.74, 6) is 0. The molecule has 2 rings (SSSR count). The van der Waals surface area contributed by atoms with Crippen LogP contribution in [0.3, 0.4) is 0 Å². The molecule has 19 heavy (non-hydrogen) atoms. The summed E-state index contributed by atoms with van der Waals surface area (Å²) < 4.78 is 26.5. The van der Waals surface area contributed by atoms with Gasteiger partial charge in [0.1, 0.15) is 0 Å². The van der Waals surface area contributed by atoms with E-state index >= 15 is 0 Å². The van der Waals surface area contributed by atoms with Crippen molar-refractivity contribution in [3.8, 4) is 0 Å². The number of non-ortho nitro benzene ring substituents is 1. The Morgan fingerprint density at radius 1 is 1.42 bits per heavy atom. The third-order valence-electron chi connectivity index (χ3n) is 3.24. The van der Waals surface area contributed by atoms with Crippen molar-refractivity contribution in [3.63, 3.8) is 0 Å². The summed E-state index contributed by atoms with van der Waals surface area (Å²) in [6.45, 7) is 3.81. The smallest absolute Gasteiger partial charge is 0.258 e. The Hall–Kier alpha value is -1.47. The highest BCUT2D eigenvalue weighted by Crippen LogP contribution is 2.33. The van der Waals surface area contributed by atoms with E-state index in [2.05, 4.69) is 0 Å². The van der Waals surface area contributed by atoms with Crippen LogP contribution >= 0.6 is 0 Å². The molecule has 104 valence electrons. The Bertz CT molecular complexity index is 608. The number of hydrogen-bond acceptors (Lipinski definition) is 4. The second-order valence-electron chi connectivity index (χ2n) is 4.65. The Balaban J connectivity index is 2.49. The highest BCUT2D eigenvalue weighted by Gasteiger charge is 2.37. The fraction of sp³-hybridized carbons (Fsp3) is 0.500. The summed E-state index contributed by atoms with van der Waals surface area (Å²) in [5.41, 5.74) is 0.334. The number of hydrogen-bond donors (Lipinski definition) is 0. The highest BCUT2D eigenvalue weighted by molar-refractivity contribution is 7.89. The first-order valence-corrected chi connectivity index (χ1v) is 7.58. The van der Waals surface area contributed by atoms with E-state index in [0.29, 0.717) is 12.1 Å². The number of aryl methyl sites for hydroxylation is 1. The molecule has 0 unspecified atom stereocenters. The van der Waals surface area contributed by atoms with Gasteiger partial charge in [-0.1, -0.05) is 13.0 Å². The van der Waals surface area contributed by atoms with Gasteiger partial charge in [-0.05, 0) is 25.3 Å². The van der Waals surface area contributed by atoms with E-state index in [1.165, 1.54) is 16.4 Å². The van der Waals surface area contributed by atoms with Gasteiger partial charge in [-0.2, -0.15) is 4.31 Å². The fourth-order valence-electron chi connectivity index (χ4n) is 2.09. The summed E-state index contributed by atoms with van der Waals surface area (Å²) in [6.07, 6.45) is 1.72. The number of sulfonamides is 1. The van der Waals surface area contributed by atoms with Crippen LogP contribution in [0.5, 0.6) is 0 Å². The monoisotopic (exact) mass is 284 g/mol. The van der Waals surface area contributed by atoms with E-state index in [-0.39, 0.29) is 16.6 Å². The molecule has 1 aromatic carbocycles. The minimum Gasteiger partial charge on any atom is -0.258 e. The molecule has 0 heterocycles. The molecular formula is C12H16N2O4S. The molecule has 0 aromatic heterocycles. The molecule has 0 saturated heterocycles. The SMILES string of the molecule is CCN(C1CC1)S(=O)(=O)c1cc([N+](=O)[O-])ccc1C. The van der Waals surface area contributed by atoms with E-state index in [9.17, 15) is 18.5 Å². The molecule has 1 saturated carbocycles. The molecule has 0 aliphatic heterocycles. The molecule has 0 atom stereocenters. The lowest BCUT2D eigenvalue weighted by Crippen LogP contribution is -2.33. The lowest BCUT2D eigenvalue weighted by molar-refractivity contribution is -0.385. The summed E-state index contributed by atoms with van der Waals surface area (Å²) in [6, 6.07) is 4.00. The first-order chi connectivity index (χ1) is 8.87. The van der Waals surface area contributed by atoms with Gasteiger partial charge in [-0.25, -0.2) is 8.42 Å². The lowest BCUT2D eigenvalue weighted by Gasteiger charge is -2.20. The van der Waals surface area contributed by atoms with Crippen molar-refractivity contribution < 1.29 is 13.3 Å². The van der Waals surface area contributed by atoms with Gasteiger partial charge in [0, 0.05) is 24.7 Å². The molecule has 0 N–H and O–H groups in total. The van der Waals surface area contributed by atoms with Crippen molar-refractivity contribution in [2.24, 2.45) is 0 Å². The second kappa shape index (κ2) is 4.90. The number of benzene rings is 1. The van der Waals surface area contributed by atoms with E-state index in [1.54, 1.807) is 13.8 Å². The first-order valence-electron chi connectivity index (χ1n) is 6.14. The Labute approximate surface area is 112 Å². The zero-order valence-electron chi connectivity index (χ0n) is 10.9. The molecule has 1 fully saturated rings. The van der Waals surface area contributed by atoms with Crippen molar-refractivity contribution in [2.45, 2.75) is 37.6 Å². The van der Waals surface area contributed by atoms with Crippen LogP contribution in [0.4, 0.5) is 5.69 Å². The average Bonchev–Trinajstić information content (AvgIpc) is 3.14. The maximum absolute atomic E-state index is 12.5. The average molecular weight is 284 g/mol. The van der Waals surface area contributed by atoms with Crippen LogP contribution in [-0.4, -0.2) is 30.2 Å². The van der Waals surface area contributed by atoms with E-state index in [4.69, 9.17) is 0 Å². The normalized spacial score (nSPS) is 15.7. The molecule has 1 aliphatic rings. The minimum absolute atomic E-state index is 0.0375. The van der Waals surface area contributed by atoms with Gasteiger partial charge in [0.25, 0.3) is 5.69 Å². The van der Waals surface area contributed by atoms with Crippen molar-refractivity contribution in [3.05, 3.63) is 33.9 Å². The van der Waals surface area contributed by atoms with Crippen LogP contribution in [-0.2, 0) is 10.0 Å². The van der Waals surface area contributed by atoms with Crippen molar-refractivity contribution in [1.29, 1.82) is 0 Å². The van der Waals surface area contributed by atoms with Gasteiger partial charge >= 0.3 is 0 Å². The summed E-state index contributed by atoms with van der Waals surface area (Å²) in [7, 11) is -3.65. The molecule has 0 radical (unpaired) electrons. The molecule has 0 bridgehead atoms. The summed E-state index contributed by atoms with van der Waals surface area (Å²) >= 11 is 0. The summed E-state index contributed by atoms with van der Waals surface area (Å²) in [5, 5.41) is 10.8. The topological polar surface area (TPSA) is 80.5 Å².